The lowest BCUT2D eigenvalue weighted by atomic mass is 10.1. The molecular formula is C9H15N3O6. The predicted octanol–water partition coefficient (Wildman–Crippen LogP) is -2.50. The molecule has 0 saturated carbocycles. The van der Waals surface area contributed by atoms with Crippen LogP contribution in [0.15, 0.2) is 0 Å². The van der Waals surface area contributed by atoms with Gasteiger partial charge >= 0.3 is 11.9 Å². The van der Waals surface area contributed by atoms with Gasteiger partial charge in [-0.05, 0) is 6.42 Å². The van der Waals surface area contributed by atoms with E-state index in [2.05, 4.69) is 5.32 Å². The Bertz CT molecular complexity index is 343. The van der Waals surface area contributed by atoms with Gasteiger partial charge in [-0.25, -0.2) is 0 Å². The molecule has 0 heterocycles. The Hall–Kier alpha value is -2.16. The Balaban J connectivity index is 3.73. The van der Waals surface area contributed by atoms with Gasteiger partial charge in [-0.1, -0.05) is 0 Å². The van der Waals surface area contributed by atoms with E-state index in [1.165, 1.54) is 0 Å². The molecule has 9 nitrogen and oxygen atoms in total. The lowest BCUT2D eigenvalue weighted by Crippen LogP contribution is -2.39. The molecule has 102 valence electrons. The molecule has 0 aromatic rings. The third-order valence-corrected chi connectivity index (χ3v) is 1.88. The summed E-state index contributed by atoms with van der Waals surface area (Å²) in [6, 6.07) is -1.13. The standard InChI is InChI=1S/C9H15N3O6/c10-5(9(17)18)1-2-6(13)11-3-7(14)12-4-8(15)16/h5H,1-4,10H2,(H,11,13)(H,12,14)(H,15,16)(H,17,18). The number of carboxylic acid groups (broad SMARTS) is 2. The number of nitrogens with two attached hydrogens (primary N) is 1. The van der Waals surface area contributed by atoms with Crippen LogP contribution in [-0.4, -0.2) is 53.1 Å². The zero-order chi connectivity index (χ0) is 14.1. The number of rotatable bonds is 8. The van der Waals surface area contributed by atoms with Crippen LogP contribution in [0, 0.1) is 0 Å². The maximum absolute atomic E-state index is 11.2. The number of hydrogen-bond donors (Lipinski definition) is 5. The van der Waals surface area contributed by atoms with Crippen LogP contribution in [-0.2, 0) is 19.2 Å². The summed E-state index contributed by atoms with van der Waals surface area (Å²) in [7, 11) is 0. The Labute approximate surface area is 102 Å². The van der Waals surface area contributed by atoms with Crippen molar-refractivity contribution in [2.45, 2.75) is 18.9 Å². The Morgan fingerprint density at radius 3 is 2.06 bits per heavy atom. The largest absolute Gasteiger partial charge is 0.480 e. The summed E-state index contributed by atoms with van der Waals surface area (Å²) in [6.45, 7) is -0.896. The van der Waals surface area contributed by atoms with Gasteiger partial charge < -0.3 is 26.6 Å². The van der Waals surface area contributed by atoms with E-state index in [-0.39, 0.29) is 19.4 Å². The first kappa shape index (κ1) is 15.8. The third kappa shape index (κ3) is 8.05. The van der Waals surface area contributed by atoms with Gasteiger partial charge in [0.25, 0.3) is 0 Å². The molecule has 1 unspecified atom stereocenters. The van der Waals surface area contributed by atoms with Crippen LogP contribution >= 0.6 is 0 Å². The Morgan fingerprint density at radius 1 is 1.00 bits per heavy atom. The molecule has 0 aliphatic carbocycles. The molecule has 0 saturated heterocycles. The monoisotopic (exact) mass is 261 g/mol. The van der Waals surface area contributed by atoms with E-state index in [9.17, 15) is 19.2 Å². The molecule has 0 spiro atoms. The molecule has 0 aliphatic heterocycles. The van der Waals surface area contributed by atoms with Gasteiger partial charge in [-0.3, -0.25) is 19.2 Å². The van der Waals surface area contributed by atoms with Crippen molar-refractivity contribution in [3.8, 4) is 0 Å². The quantitative estimate of drug-likeness (QED) is 0.323. The maximum atomic E-state index is 11.2. The van der Waals surface area contributed by atoms with Crippen LogP contribution in [0.5, 0.6) is 0 Å². The van der Waals surface area contributed by atoms with Crippen molar-refractivity contribution >= 4 is 23.8 Å². The first-order valence-corrected chi connectivity index (χ1v) is 5.06. The lowest BCUT2D eigenvalue weighted by molar-refractivity contribution is -0.139. The van der Waals surface area contributed by atoms with Gasteiger partial charge in [0, 0.05) is 6.42 Å². The minimum Gasteiger partial charge on any atom is -0.480 e. The molecule has 6 N–H and O–H groups in total. The summed E-state index contributed by atoms with van der Waals surface area (Å²) in [5, 5.41) is 21.0. The smallest absolute Gasteiger partial charge is 0.322 e. The second kappa shape index (κ2) is 8.01. The van der Waals surface area contributed by atoms with Crippen molar-refractivity contribution in [3.05, 3.63) is 0 Å². The van der Waals surface area contributed by atoms with Gasteiger partial charge in [0.2, 0.25) is 11.8 Å². The normalized spacial score (nSPS) is 11.4. The first-order chi connectivity index (χ1) is 8.32. The number of hydrogen-bond acceptors (Lipinski definition) is 5. The van der Waals surface area contributed by atoms with E-state index >= 15 is 0 Å². The van der Waals surface area contributed by atoms with Crippen LogP contribution in [0.25, 0.3) is 0 Å². The Morgan fingerprint density at radius 2 is 1.56 bits per heavy atom. The topological polar surface area (TPSA) is 159 Å². The van der Waals surface area contributed by atoms with E-state index in [0.717, 1.165) is 0 Å². The van der Waals surface area contributed by atoms with Crippen molar-refractivity contribution in [2.24, 2.45) is 5.73 Å². The maximum Gasteiger partial charge on any atom is 0.322 e. The highest BCUT2D eigenvalue weighted by atomic mass is 16.4. The summed E-state index contributed by atoms with van der Waals surface area (Å²) in [4.78, 5) is 42.6. The summed E-state index contributed by atoms with van der Waals surface area (Å²) in [5.41, 5.74) is 5.18. The minimum atomic E-state index is -1.21. The summed E-state index contributed by atoms with van der Waals surface area (Å²) < 4.78 is 0. The second-order valence-electron chi connectivity index (χ2n) is 3.43. The number of carbonyl (C=O) groups excluding carboxylic acids is 2. The molecule has 0 aliphatic rings. The van der Waals surface area contributed by atoms with Crippen molar-refractivity contribution in [3.63, 3.8) is 0 Å². The SMILES string of the molecule is NC(CCC(=O)NCC(=O)NCC(=O)O)C(=O)O. The van der Waals surface area contributed by atoms with Crippen molar-refractivity contribution in [1.29, 1.82) is 0 Å². The van der Waals surface area contributed by atoms with Gasteiger partial charge in [0.15, 0.2) is 0 Å². The molecule has 0 aromatic carbocycles. The molecule has 2 amide bonds. The highest BCUT2D eigenvalue weighted by Gasteiger charge is 2.13. The summed E-state index contributed by atoms with van der Waals surface area (Å²) in [6.07, 6.45) is -0.169. The number of nitrogens with one attached hydrogen (secondary N) is 2. The fourth-order valence-electron chi connectivity index (χ4n) is 0.914. The summed E-state index contributed by atoms with van der Waals surface area (Å²) >= 11 is 0. The Kier molecular flexibility index (Phi) is 7.05. The predicted molar refractivity (Wildman–Crippen MR) is 58.5 cm³/mol. The number of carbonyl (C=O) groups is 4. The number of aliphatic carboxylic acids is 2. The molecule has 0 rings (SSSR count). The van der Waals surface area contributed by atoms with Crippen molar-refractivity contribution in [1.82, 2.24) is 10.6 Å². The van der Waals surface area contributed by atoms with E-state index in [1.54, 1.807) is 0 Å². The molecule has 1 atom stereocenters. The number of carboxylic acids is 2. The molecule has 18 heavy (non-hydrogen) atoms. The average molecular weight is 261 g/mol. The molecule has 0 bridgehead atoms. The van der Waals surface area contributed by atoms with Gasteiger partial charge in [-0.2, -0.15) is 0 Å². The van der Waals surface area contributed by atoms with Gasteiger partial charge in [0.05, 0.1) is 6.54 Å². The molecular weight excluding hydrogens is 246 g/mol. The summed E-state index contributed by atoms with van der Waals surface area (Å²) in [5.74, 6) is -3.57. The fourth-order valence-corrected chi connectivity index (χ4v) is 0.914. The van der Waals surface area contributed by atoms with Crippen LogP contribution < -0.4 is 16.4 Å². The van der Waals surface area contributed by atoms with E-state index < -0.39 is 36.3 Å². The van der Waals surface area contributed by atoms with Crippen LogP contribution in [0.2, 0.25) is 0 Å². The van der Waals surface area contributed by atoms with Crippen molar-refractivity contribution < 1.29 is 29.4 Å². The lowest BCUT2D eigenvalue weighted by Gasteiger charge is -2.07. The van der Waals surface area contributed by atoms with Crippen LogP contribution in [0.1, 0.15) is 12.8 Å². The second-order valence-corrected chi connectivity index (χ2v) is 3.43. The molecule has 9 heteroatoms. The van der Waals surface area contributed by atoms with E-state index in [0.29, 0.717) is 0 Å². The molecule has 0 aromatic heterocycles. The third-order valence-electron chi connectivity index (χ3n) is 1.88. The first-order valence-electron chi connectivity index (χ1n) is 5.06. The van der Waals surface area contributed by atoms with Crippen LogP contribution in [0.4, 0.5) is 0 Å². The minimum absolute atomic E-state index is 0.0437. The zero-order valence-electron chi connectivity index (χ0n) is 9.51. The fraction of sp³-hybridized carbons (Fsp3) is 0.556. The average Bonchev–Trinajstić information content (AvgIpc) is 2.30. The van der Waals surface area contributed by atoms with E-state index in [4.69, 9.17) is 15.9 Å². The highest BCUT2D eigenvalue weighted by molar-refractivity contribution is 5.86. The van der Waals surface area contributed by atoms with Crippen molar-refractivity contribution in [2.75, 3.05) is 13.1 Å². The molecule has 0 radical (unpaired) electrons. The van der Waals surface area contributed by atoms with Crippen LogP contribution in [0.3, 0.4) is 0 Å². The van der Waals surface area contributed by atoms with E-state index in [1.807, 2.05) is 5.32 Å². The zero-order valence-corrected chi connectivity index (χ0v) is 9.51. The highest BCUT2D eigenvalue weighted by Crippen LogP contribution is 1.94. The van der Waals surface area contributed by atoms with Gasteiger partial charge in [0.1, 0.15) is 12.6 Å². The number of amides is 2. The molecule has 0 fully saturated rings. The van der Waals surface area contributed by atoms with Gasteiger partial charge in [-0.15, -0.1) is 0 Å².